The summed E-state index contributed by atoms with van der Waals surface area (Å²) in [6, 6.07) is 3.84. The van der Waals surface area contributed by atoms with E-state index < -0.39 is 11.7 Å². The van der Waals surface area contributed by atoms with Crippen molar-refractivity contribution >= 4 is 0 Å². The third-order valence-electron chi connectivity index (χ3n) is 1.45. The minimum atomic E-state index is -4.29. The molecule has 0 fully saturated rings. The van der Waals surface area contributed by atoms with Gasteiger partial charge in [-0.1, -0.05) is 6.07 Å². The van der Waals surface area contributed by atoms with Gasteiger partial charge in [0.05, 0.1) is 0 Å². The van der Waals surface area contributed by atoms with E-state index in [1.807, 2.05) is 0 Å². The van der Waals surface area contributed by atoms with Crippen LogP contribution in [0.4, 0.5) is 13.2 Å². The predicted octanol–water partition coefficient (Wildman–Crippen LogP) is 2.81. The van der Waals surface area contributed by atoms with Crippen molar-refractivity contribution in [3.63, 3.8) is 0 Å². The Morgan fingerprint density at radius 2 is 1.91 bits per heavy atom. The van der Waals surface area contributed by atoms with Gasteiger partial charge in [-0.3, -0.25) is 0 Å². The van der Waals surface area contributed by atoms with E-state index in [1.54, 1.807) is 0 Å². The molecule has 0 saturated carbocycles. The lowest BCUT2D eigenvalue weighted by molar-refractivity contribution is -0.137. The lowest BCUT2D eigenvalue weighted by Gasteiger charge is -2.01. The van der Waals surface area contributed by atoms with Crippen LogP contribution in [0.5, 0.6) is 11.5 Å². The van der Waals surface area contributed by atoms with E-state index >= 15 is 0 Å². The first kappa shape index (κ1) is 6.52. The fraction of sp³-hybridized carbons (Fsp3) is 0.143. The van der Waals surface area contributed by atoms with E-state index in [4.69, 9.17) is 0 Å². The van der Waals surface area contributed by atoms with Gasteiger partial charge in [0.1, 0.15) is 5.56 Å². The first-order valence-corrected chi connectivity index (χ1v) is 2.97. The van der Waals surface area contributed by atoms with E-state index in [0.29, 0.717) is 5.75 Å². The van der Waals surface area contributed by atoms with Crippen molar-refractivity contribution in [2.45, 2.75) is 6.18 Å². The number of benzene rings is 1. The van der Waals surface area contributed by atoms with Gasteiger partial charge in [0, 0.05) is 0 Å². The molecule has 0 aliphatic carbocycles. The van der Waals surface area contributed by atoms with Crippen LogP contribution in [0, 0.1) is 0 Å². The molecule has 0 amide bonds. The summed E-state index contributed by atoms with van der Waals surface area (Å²) in [5, 5.41) is 0. The number of ether oxygens (including phenoxy) is 1. The first-order valence-electron chi connectivity index (χ1n) is 2.97. The standard InChI is InChI=1S/C7H3F3O/c8-7(9,10)4-2-1-3-5-6(4)11-5/h1-3H. The number of halogens is 3. The molecule has 0 radical (unpaired) electrons. The maximum atomic E-state index is 12.0. The van der Waals surface area contributed by atoms with Crippen molar-refractivity contribution in [3.05, 3.63) is 23.8 Å². The molecule has 0 aromatic heterocycles. The Kier molecular flexibility index (Phi) is 1.00. The average Bonchev–Trinajstić information content (AvgIpc) is 2.60. The molecule has 0 unspecified atom stereocenters. The summed E-state index contributed by atoms with van der Waals surface area (Å²) in [6.45, 7) is 0. The largest absolute Gasteiger partial charge is 0.449 e. The molecule has 1 nitrogen and oxygen atoms in total. The fourth-order valence-electron chi connectivity index (χ4n) is 0.913. The summed E-state index contributed by atoms with van der Waals surface area (Å²) in [5.74, 6) is 0.305. The summed E-state index contributed by atoms with van der Waals surface area (Å²) in [7, 11) is 0. The summed E-state index contributed by atoms with van der Waals surface area (Å²) >= 11 is 0. The summed E-state index contributed by atoms with van der Waals surface area (Å²) in [6.07, 6.45) is -4.29. The molecular weight excluding hydrogens is 157 g/mol. The van der Waals surface area contributed by atoms with E-state index in [0.717, 1.165) is 6.07 Å². The van der Waals surface area contributed by atoms with Gasteiger partial charge >= 0.3 is 6.18 Å². The highest BCUT2D eigenvalue weighted by atomic mass is 19.4. The Balaban J connectivity index is 2.50. The van der Waals surface area contributed by atoms with Gasteiger partial charge < -0.3 is 4.74 Å². The lowest BCUT2D eigenvalue weighted by atomic mass is 10.2. The summed E-state index contributed by atoms with van der Waals surface area (Å²) in [5.41, 5.74) is -0.685. The molecule has 1 heterocycles. The molecule has 0 bridgehead atoms. The Bertz CT molecular complexity index is 303. The SMILES string of the molecule is FC(F)(F)c1cccc2c1O2. The lowest BCUT2D eigenvalue weighted by Crippen LogP contribution is -2.02. The van der Waals surface area contributed by atoms with Crippen molar-refractivity contribution in [2.75, 3.05) is 0 Å². The van der Waals surface area contributed by atoms with Crippen LogP contribution in [-0.4, -0.2) is 0 Å². The third kappa shape index (κ3) is 0.943. The van der Waals surface area contributed by atoms with Crippen molar-refractivity contribution in [1.82, 2.24) is 0 Å². The quantitative estimate of drug-likeness (QED) is 0.540. The van der Waals surface area contributed by atoms with Crippen LogP contribution in [-0.2, 0) is 6.18 Å². The topological polar surface area (TPSA) is 12.5 Å². The van der Waals surface area contributed by atoms with Crippen LogP contribution < -0.4 is 4.74 Å². The molecule has 1 aromatic carbocycles. The molecular formula is C7H3F3O. The highest BCUT2D eigenvalue weighted by Gasteiger charge is 2.40. The van der Waals surface area contributed by atoms with Crippen LogP contribution in [0.15, 0.2) is 18.2 Å². The molecule has 0 spiro atoms. The van der Waals surface area contributed by atoms with Gasteiger partial charge in [0.25, 0.3) is 0 Å². The maximum Gasteiger partial charge on any atom is 0.420 e. The van der Waals surface area contributed by atoms with Crippen LogP contribution >= 0.6 is 0 Å². The van der Waals surface area contributed by atoms with Gasteiger partial charge in [-0.25, -0.2) is 0 Å². The average molecular weight is 160 g/mol. The minimum Gasteiger partial charge on any atom is -0.449 e. The number of fused-ring (bicyclic) bond motifs is 1. The molecule has 4 heteroatoms. The number of hydrogen-bond acceptors (Lipinski definition) is 1. The summed E-state index contributed by atoms with van der Waals surface area (Å²) < 4.78 is 40.6. The van der Waals surface area contributed by atoms with E-state index in [1.165, 1.54) is 12.1 Å². The molecule has 1 aliphatic heterocycles. The van der Waals surface area contributed by atoms with Crippen LogP contribution in [0.1, 0.15) is 5.56 Å². The summed E-state index contributed by atoms with van der Waals surface area (Å²) in [4.78, 5) is 0. The van der Waals surface area contributed by atoms with Gasteiger partial charge in [-0.05, 0) is 12.1 Å². The smallest absolute Gasteiger partial charge is 0.420 e. The first-order chi connectivity index (χ1) is 5.09. The van der Waals surface area contributed by atoms with Gasteiger partial charge in [0.15, 0.2) is 11.5 Å². The van der Waals surface area contributed by atoms with Gasteiger partial charge in [-0.2, -0.15) is 13.2 Å². The van der Waals surface area contributed by atoms with E-state index in [-0.39, 0.29) is 5.75 Å². The highest BCUT2D eigenvalue weighted by Crippen LogP contribution is 2.52. The molecule has 0 N–H and O–H groups in total. The Morgan fingerprint density at radius 3 is 2.45 bits per heavy atom. The zero-order valence-electron chi connectivity index (χ0n) is 5.27. The second kappa shape index (κ2) is 1.69. The normalized spacial score (nSPS) is 13.7. The number of para-hydroxylation sites is 1. The maximum absolute atomic E-state index is 12.0. The second-order valence-electron chi connectivity index (χ2n) is 2.23. The molecule has 2 rings (SSSR count). The van der Waals surface area contributed by atoms with Crippen molar-refractivity contribution in [3.8, 4) is 11.5 Å². The van der Waals surface area contributed by atoms with Gasteiger partial charge in [0.2, 0.25) is 0 Å². The molecule has 1 aromatic rings. The third-order valence-corrected chi connectivity index (χ3v) is 1.45. The van der Waals surface area contributed by atoms with Crippen LogP contribution in [0.25, 0.3) is 0 Å². The second-order valence-corrected chi connectivity index (χ2v) is 2.23. The molecule has 0 atom stereocenters. The number of alkyl halides is 3. The van der Waals surface area contributed by atoms with Crippen LogP contribution in [0.3, 0.4) is 0 Å². The van der Waals surface area contributed by atoms with E-state index in [2.05, 4.69) is 4.74 Å². The Hall–Kier alpha value is -1.19. The number of rotatable bonds is 0. The van der Waals surface area contributed by atoms with Crippen molar-refractivity contribution in [1.29, 1.82) is 0 Å². The fourth-order valence-corrected chi connectivity index (χ4v) is 0.913. The van der Waals surface area contributed by atoms with Crippen molar-refractivity contribution in [2.24, 2.45) is 0 Å². The molecule has 11 heavy (non-hydrogen) atoms. The van der Waals surface area contributed by atoms with Crippen LogP contribution in [0.2, 0.25) is 0 Å². The minimum absolute atomic E-state index is 0.0278. The van der Waals surface area contributed by atoms with Crippen molar-refractivity contribution < 1.29 is 17.9 Å². The Morgan fingerprint density at radius 1 is 1.18 bits per heavy atom. The zero-order chi connectivity index (χ0) is 8.06. The van der Waals surface area contributed by atoms with Gasteiger partial charge in [-0.15, -0.1) is 0 Å². The molecule has 1 aliphatic rings. The molecule has 0 saturated heterocycles. The highest BCUT2D eigenvalue weighted by molar-refractivity contribution is 5.60. The monoisotopic (exact) mass is 160 g/mol. The predicted molar refractivity (Wildman–Crippen MR) is 31.5 cm³/mol. The zero-order valence-corrected chi connectivity index (χ0v) is 5.27. The Labute approximate surface area is 60.4 Å². The molecule has 58 valence electrons. The van der Waals surface area contributed by atoms with E-state index in [9.17, 15) is 13.2 Å². The number of hydrogen-bond donors (Lipinski definition) is 0.